The lowest BCUT2D eigenvalue weighted by molar-refractivity contribution is 0.612. The maximum absolute atomic E-state index is 11.5. The Morgan fingerprint density at radius 1 is 1.54 bits per heavy atom. The Morgan fingerprint density at radius 2 is 2.31 bits per heavy atom. The fraction of sp³-hybridized carbons (Fsp3) is 0.286. The number of fused-ring (bicyclic) bond motifs is 1. The van der Waals surface area contributed by atoms with Crippen LogP contribution in [0.15, 0.2) is 15.9 Å². The number of nitrogens with zero attached hydrogens (tertiary/aromatic N) is 2. The summed E-state index contributed by atoms with van der Waals surface area (Å²) >= 11 is 0. The maximum atomic E-state index is 11.5. The fourth-order valence-electron chi connectivity index (χ4n) is 1.21. The maximum Gasteiger partial charge on any atom is 0.291 e. The van der Waals surface area contributed by atoms with E-state index in [9.17, 15) is 9.59 Å². The number of hydrogen-bond donors (Lipinski definition) is 2. The summed E-state index contributed by atoms with van der Waals surface area (Å²) in [4.78, 5) is 29.1. The Kier molecular flexibility index (Phi) is 1.54. The zero-order valence-electron chi connectivity index (χ0n) is 7.00. The third kappa shape index (κ3) is 0.986. The molecule has 0 aromatic carbocycles. The highest BCUT2D eigenvalue weighted by atomic mass is 16.2. The predicted molar refractivity (Wildman–Crippen MR) is 46.6 cm³/mol. The zero-order chi connectivity index (χ0) is 9.42. The van der Waals surface area contributed by atoms with Crippen LogP contribution in [0.2, 0.25) is 0 Å². The number of nitrogens with one attached hydrogen (secondary N) is 2. The van der Waals surface area contributed by atoms with Gasteiger partial charge in [0.05, 0.1) is 6.33 Å². The van der Waals surface area contributed by atoms with Crippen LogP contribution in [0, 0.1) is 0 Å². The van der Waals surface area contributed by atoms with Crippen molar-refractivity contribution in [3.05, 3.63) is 27.0 Å². The summed E-state index contributed by atoms with van der Waals surface area (Å²) in [5.74, 6) is 0. The van der Waals surface area contributed by atoms with E-state index in [0.717, 1.165) is 0 Å². The van der Waals surface area contributed by atoms with E-state index >= 15 is 0 Å². The summed E-state index contributed by atoms with van der Waals surface area (Å²) in [7, 11) is 0. The highest BCUT2D eigenvalue weighted by Crippen LogP contribution is 1.93. The Balaban J connectivity index is 3.03. The summed E-state index contributed by atoms with van der Waals surface area (Å²) in [5, 5.41) is 2.42. The molecule has 0 aliphatic carbocycles. The van der Waals surface area contributed by atoms with Gasteiger partial charge in [-0.3, -0.25) is 14.7 Å². The third-order valence-electron chi connectivity index (χ3n) is 1.87. The van der Waals surface area contributed by atoms with E-state index in [-0.39, 0.29) is 22.2 Å². The van der Waals surface area contributed by atoms with Gasteiger partial charge in [-0.1, -0.05) is 0 Å². The van der Waals surface area contributed by atoms with Gasteiger partial charge in [0.2, 0.25) is 0 Å². The molecule has 2 aromatic rings. The predicted octanol–water partition coefficient (Wildman–Crippen LogP) is -0.567. The van der Waals surface area contributed by atoms with Gasteiger partial charge in [-0.15, -0.1) is 0 Å². The van der Waals surface area contributed by atoms with Gasteiger partial charge in [-0.25, -0.2) is 9.67 Å². The van der Waals surface area contributed by atoms with Crippen LogP contribution >= 0.6 is 0 Å². The van der Waals surface area contributed by atoms with Gasteiger partial charge >= 0.3 is 0 Å². The number of hydrogen-bond acceptors (Lipinski definition) is 3. The molecule has 6 nitrogen and oxygen atoms in total. The van der Waals surface area contributed by atoms with Crippen molar-refractivity contribution in [2.45, 2.75) is 13.5 Å². The molecule has 2 heterocycles. The molecule has 6 heteroatoms. The lowest BCUT2D eigenvalue weighted by Gasteiger charge is -1.99. The highest BCUT2D eigenvalue weighted by molar-refractivity contribution is 5.71. The molecular formula is C7H8N4O2. The van der Waals surface area contributed by atoms with Gasteiger partial charge in [0.25, 0.3) is 11.1 Å². The molecule has 0 atom stereocenters. The first-order valence-corrected chi connectivity index (χ1v) is 3.90. The van der Waals surface area contributed by atoms with Gasteiger partial charge in [0, 0.05) is 6.54 Å². The van der Waals surface area contributed by atoms with E-state index < -0.39 is 0 Å². The van der Waals surface area contributed by atoms with E-state index in [4.69, 9.17) is 0 Å². The van der Waals surface area contributed by atoms with Crippen LogP contribution in [-0.4, -0.2) is 19.7 Å². The van der Waals surface area contributed by atoms with Crippen molar-refractivity contribution in [1.29, 1.82) is 0 Å². The molecule has 0 aliphatic rings. The number of rotatable bonds is 1. The second-order valence-electron chi connectivity index (χ2n) is 2.62. The van der Waals surface area contributed by atoms with Crippen LogP contribution in [0.3, 0.4) is 0 Å². The summed E-state index contributed by atoms with van der Waals surface area (Å²) < 4.78 is 1.24. The Hall–Kier alpha value is -1.85. The van der Waals surface area contributed by atoms with Crippen LogP contribution in [-0.2, 0) is 6.54 Å². The SMILES string of the molecule is CCn1[nH]c(=O)c2nc[nH]c2c1=O. The topological polar surface area (TPSA) is 83.5 Å². The molecule has 0 saturated carbocycles. The Morgan fingerprint density at radius 3 is 3.00 bits per heavy atom. The van der Waals surface area contributed by atoms with Crippen molar-refractivity contribution in [3.63, 3.8) is 0 Å². The van der Waals surface area contributed by atoms with E-state index in [1.54, 1.807) is 6.92 Å². The average Bonchev–Trinajstić information content (AvgIpc) is 2.60. The first-order valence-electron chi connectivity index (χ1n) is 3.90. The van der Waals surface area contributed by atoms with Gasteiger partial charge in [-0.05, 0) is 6.92 Å². The molecule has 0 amide bonds. The molecule has 0 unspecified atom stereocenters. The highest BCUT2D eigenvalue weighted by Gasteiger charge is 2.07. The lowest BCUT2D eigenvalue weighted by Crippen LogP contribution is -2.29. The molecule has 2 rings (SSSR count). The second-order valence-corrected chi connectivity index (χ2v) is 2.62. The minimum Gasteiger partial charge on any atom is -0.340 e. The van der Waals surface area contributed by atoms with Crippen LogP contribution in [0.1, 0.15) is 6.92 Å². The fourth-order valence-corrected chi connectivity index (χ4v) is 1.21. The average molecular weight is 180 g/mol. The van der Waals surface area contributed by atoms with Crippen molar-refractivity contribution in [3.8, 4) is 0 Å². The summed E-state index contributed by atoms with van der Waals surface area (Å²) in [6.07, 6.45) is 1.33. The first-order chi connectivity index (χ1) is 6.24. The molecule has 0 fully saturated rings. The molecule has 0 saturated heterocycles. The summed E-state index contributed by atoms with van der Waals surface area (Å²) in [5.41, 5.74) is -0.187. The number of imidazole rings is 1. The standard InChI is InChI=1S/C7H8N4O2/c1-2-11-7(13)5-4(6(12)10-11)8-3-9-5/h3H,2H2,1H3,(H,8,9)(H,10,12). The first kappa shape index (κ1) is 7.78. The van der Waals surface area contributed by atoms with Crippen molar-refractivity contribution < 1.29 is 0 Å². The van der Waals surface area contributed by atoms with Crippen molar-refractivity contribution in [1.82, 2.24) is 19.7 Å². The van der Waals surface area contributed by atoms with Gasteiger partial charge < -0.3 is 4.98 Å². The monoisotopic (exact) mass is 180 g/mol. The molecule has 0 bridgehead atoms. The normalized spacial score (nSPS) is 10.8. The van der Waals surface area contributed by atoms with Crippen LogP contribution in [0.5, 0.6) is 0 Å². The smallest absolute Gasteiger partial charge is 0.291 e. The van der Waals surface area contributed by atoms with Gasteiger partial charge in [0.1, 0.15) is 5.52 Å². The number of aryl methyl sites for hydroxylation is 1. The summed E-state index contributed by atoms with van der Waals surface area (Å²) in [6, 6.07) is 0. The third-order valence-corrected chi connectivity index (χ3v) is 1.87. The Labute approximate surface area is 72.2 Å². The summed E-state index contributed by atoms with van der Waals surface area (Å²) in [6.45, 7) is 2.21. The molecule has 2 aromatic heterocycles. The van der Waals surface area contributed by atoms with Crippen LogP contribution in [0.25, 0.3) is 11.0 Å². The lowest BCUT2D eigenvalue weighted by atomic mass is 10.4. The largest absolute Gasteiger partial charge is 0.340 e. The van der Waals surface area contributed by atoms with Crippen molar-refractivity contribution >= 4 is 11.0 Å². The minimum atomic E-state index is -0.349. The molecule has 0 spiro atoms. The second kappa shape index (κ2) is 2.58. The Bertz CT molecular complexity index is 547. The van der Waals surface area contributed by atoms with E-state index in [2.05, 4.69) is 15.1 Å². The number of aromatic nitrogens is 4. The minimum absolute atomic E-state index is 0.162. The van der Waals surface area contributed by atoms with E-state index in [1.165, 1.54) is 11.0 Å². The van der Waals surface area contributed by atoms with Crippen molar-refractivity contribution in [2.75, 3.05) is 0 Å². The number of aromatic amines is 2. The molecule has 0 radical (unpaired) electrons. The number of H-pyrrole nitrogens is 2. The molecule has 68 valence electrons. The van der Waals surface area contributed by atoms with E-state index in [1.807, 2.05) is 0 Å². The van der Waals surface area contributed by atoms with Gasteiger partial charge in [-0.2, -0.15) is 0 Å². The molecule has 0 aliphatic heterocycles. The van der Waals surface area contributed by atoms with E-state index in [0.29, 0.717) is 6.54 Å². The van der Waals surface area contributed by atoms with Crippen LogP contribution < -0.4 is 11.1 Å². The van der Waals surface area contributed by atoms with Gasteiger partial charge in [0.15, 0.2) is 5.52 Å². The molecule has 2 N–H and O–H groups in total. The van der Waals surface area contributed by atoms with Crippen LogP contribution in [0.4, 0.5) is 0 Å². The molecular weight excluding hydrogens is 172 g/mol. The zero-order valence-corrected chi connectivity index (χ0v) is 7.00. The quantitative estimate of drug-likeness (QED) is 0.616. The molecule has 13 heavy (non-hydrogen) atoms. The van der Waals surface area contributed by atoms with Crippen molar-refractivity contribution in [2.24, 2.45) is 0 Å².